The zero-order valence-corrected chi connectivity index (χ0v) is 9.02. The highest BCUT2D eigenvalue weighted by Gasteiger charge is 2.21. The highest BCUT2D eigenvalue weighted by molar-refractivity contribution is 5.18. The molecule has 1 aliphatic heterocycles. The first-order valence-electron chi connectivity index (χ1n) is 5.84. The molecule has 1 fully saturated rings. The number of aliphatic hydroxyl groups excluding tert-OH is 1. The Morgan fingerprint density at radius 3 is 2.73 bits per heavy atom. The summed E-state index contributed by atoms with van der Waals surface area (Å²) < 4.78 is 0. The summed E-state index contributed by atoms with van der Waals surface area (Å²) in [7, 11) is 0. The average molecular weight is 205 g/mol. The number of rotatable bonds is 2. The van der Waals surface area contributed by atoms with Crippen LogP contribution in [-0.2, 0) is 0 Å². The maximum absolute atomic E-state index is 10.2. The van der Waals surface area contributed by atoms with Crippen molar-refractivity contribution in [3.05, 3.63) is 35.9 Å². The van der Waals surface area contributed by atoms with E-state index in [1.807, 2.05) is 30.3 Å². The lowest BCUT2D eigenvalue weighted by molar-refractivity contribution is 0.126. The molecule has 0 aliphatic carbocycles. The number of nitrogens with one attached hydrogen (secondary N) is 1. The number of hydrogen-bond acceptors (Lipinski definition) is 2. The van der Waals surface area contributed by atoms with Crippen molar-refractivity contribution in [2.75, 3.05) is 6.54 Å². The molecule has 15 heavy (non-hydrogen) atoms. The second-order valence-electron chi connectivity index (χ2n) is 4.27. The normalized spacial score (nSPS) is 24.5. The second kappa shape index (κ2) is 5.29. The van der Waals surface area contributed by atoms with Gasteiger partial charge in [0.15, 0.2) is 0 Å². The third kappa shape index (κ3) is 2.80. The lowest BCUT2D eigenvalue weighted by atomic mass is 9.99. The minimum atomic E-state index is -0.357. The fourth-order valence-corrected chi connectivity index (χ4v) is 2.21. The van der Waals surface area contributed by atoms with Gasteiger partial charge < -0.3 is 10.4 Å². The molecule has 0 radical (unpaired) electrons. The van der Waals surface area contributed by atoms with Crippen LogP contribution in [0, 0.1) is 0 Å². The van der Waals surface area contributed by atoms with Gasteiger partial charge in [-0.15, -0.1) is 0 Å². The standard InChI is InChI=1S/C13H19NO/c15-13(11-7-3-1-4-8-11)12-9-5-2-6-10-14-12/h1,3-4,7-8,12-15H,2,5-6,9-10H2. The number of aliphatic hydroxyl groups is 1. The smallest absolute Gasteiger partial charge is 0.0942 e. The van der Waals surface area contributed by atoms with Gasteiger partial charge in [-0.3, -0.25) is 0 Å². The van der Waals surface area contributed by atoms with Crippen LogP contribution in [-0.4, -0.2) is 17.7 Å². The van der Waals surface area contributed by atoms with Crippen LogP contribution >= 0.6 is 0 Å². The first-order chi connectivity index (χ1) is 7.38. The van der Waals surface area contributed by atoms with Gasteiger partial charge in [-0.25, -0.2) is 0 Å². The predicted molar refractivity (Wildman–Crippen MR) is 61.7 cm³/mol. The van der Waals surface area contributed by atoms with E-state index in [2.05, 4.69) is 5.32 Å². The van der Waals surface area contributed by atoms with E-state index in [1.54, 1.807) is 0 Å². The van der Waals surface area contributed by atoms with Crippen LogP contribution in [0.4, 0.5) is 0 Å². The van der Waals surface area contributed by atoms with Crippen molar-refractivity contribution in [2.45, 2.75) is 37.8 Å². The van der Waals surface area contributed by atoms with E-state index in [-0.39, 0.29) is 12.1 Å². The van der Waals surface area contributed by atoms with Crippen LogP contribution in [0.25, 0.3) is 0 Å². The van der Waals surface area contributed by atoms with Crippen LogP contribution in [0.2, 0.25) is 0 Å². The second-order valence-corrected chi connectivity index (χ2v) is 4.27. The van der Waals surface area contributed by atoms with E-state index < -0.39 is 0 Å². The molecule has 2 rings (SSSR count). The molecular formula is C13H19NO. The summed E-state index contributed by atoms with van der Waals surface area (Å²) >= 11 is 0. The van der Waals surface area contributed by atoms with Crippen molar-refractivity contribution in [1.82, 2.24) is 5.32 Å². The molecule has 2 unspecified atom stereocenters. The predicted octanol–water partition coefficient (Wildman–Crippen LogP) is 2.25. The zero-order chi connectivity index (χ0) is 10.5. The Morgan fingerprint density at radius 1 is 1.13 bits per heavy atom. The summed E-state index contributed by atoms with van der Waals surface area (Å²) in [5.41, 5.74) is 1.02. The molecular weight excluding hydrogens is 186 g/mol. The SMILES string of the molecule is OC(c1ccccc1)C1CCCCCN1. The molecule has 0 aromatic heterocycles. The Hall–Kier alpha value is -0.860. The van der Waals surface area contributed by atoms with Crippen molar-refractivity contribution in [3.8, 4) is 0 Å². The maximum atomic E-state index is 10.2. The van der Waals surface area contributed by atoms with Gasteiger partial charge >= 0.3 is 0 Å². The van der Waals surface area contributed by atoms with Crippen LogP contribution < -0.4 is 5.32 Å². The first-order valence-corrected chi connectivity index (χ1v) is 5.84. The minimum absolute atomic E-state index is 0.231. The first kappa shape index (κ1) is 10.7. The Bertz CT molecular complexity index is 278. The minimum Gasteiger partial charge on any atom is -0.387 e. The fourth-order valence-electron chi connectivity index (χ4n) is 2.21. The Kier molecular flexibility index (Phi) is 3.75. The molecule has 0 saturated carbocycles. The summed E-state index contributed by atoms with van der Waals surface area (Å²) in [6, 6.07) is 10.2. The summed E-state index contributed by atoms with van der Waals surface area (Å²) in [6.07, 6.45) is 4.46. The Labute approximate surface area is 91.3 Å². The van der Waals surface area contributed by atoms with Crippen molar-refractivity contribution in [2.24, 2.45) is 0 Å². The van der Waals surface area contributed by atoms with E-state index in [4.69, 9.17) is 0 Å². The van der Waals surface area contributed by atoms with Crippen molar-refractivity contribution in [3.63, 3.8) is 0 Å². The lowest BCUT2D eigenvalue weighted by Crippen LogP contribution is -2.34. The van der Waals surface area contributed by atoms with E-state index in [9.17, 15) is 5.11 Å². The van der Waals surface area contributed by atoms with Gasteiger partial charge in [0.1, 0.15) is 0 Å². The zero-order valence-electron chi connectivity index (χ0n) is 9.02. The van der Waals surface area contributed by atoms with Gasteiger partial charge in [0.05, 0.1) is 6.10 Å². The Morgan fingerprint density at radius 2 is 1.93 bits per heavy atom. The molecule has 2 nitrogen and oxygen atoms in total. The maximum Gasteiger partial charge on any atom is 0.0942 e. The largest absolute Gasteiger partial charge is 0.387 e. The number of hydrogen-bond donors (Lipinski definition) is 2. The summed E-state index contributed by atoms with van der Waals surface area (Å²) in [4.78, 5) is 0. The van der Waals surface area contributed by atoms with Crippen LogP contribution in [0.1, 0.15) is 37.4 Å². The molecule has 0 spiro atoms. The molecule has 1 aromatic rings. The highest BCUT2D eigenvalue weighted by Crippen LogP contribution is 2.22. The summed E-state index contributed by atoms with van der Waals surface area (Å²) in [5, 5.41) is 13.6. The van der Waals surface area contributed by atoms with E-state index in [1.165, 1.54) is 19.3 Å². The van der Waals surface area contributed by atoms with Crippen LogP contribution in [0.15, 0.2) is 30.3 Å². The van der Waals surface area contributed by atoms with Gasteiger partial charge in [0.2, 0.25) is 0 Å². The van der Waals surface area contributed by atoms with Gasteiger partial charge in [-0.2, -0.15) is 0 Å². The summed E-state index contributed by atoms with van der Waals surface area (Å²) in [6.45, 7) is 1.04. The molecule has 1 aliphatic rings. The third-order valence-corrected chi connectivity index (χ3v) is 3.12. The van der Waals surface area contributed by atoms with Gasteiger partial charge in [0.25, 0.3) is 0 Å². The molecule has 2 N–H and O–H groups in total. The van der Waals surface area contributed by atoms with Gasteiger partial charge in [0, 0.05) is 6.04 Å². The van der Waals surface area contributed by atoms with E-state index in [0.29, 0.717) is 0 Å². The average Bonchev–Trinajstić information content (AvgIpc) is 2.58. The topological polar surface area (TPSA) is 32.3 Å². The molecule has 1 aromatic carbocycles. The molecule has 2 heteroatoms. The van der Waals surface area contributed by atoms with Crippen molar-refractivity contribution >= 4 is 0 Å². The van der Waals surface area contributed by atoms with E-state index in [0.717, 1.165) is 18.5 Å². The van der Waals surface area contributed by atoms with Gasteiger partial charge in [-0.05, 0) is 24.9 Å². The van der Waals surface area contributed by atoms with Gasteiger partial charge in [-0.1, -0.05) is 43.2 Å². The number of benzene rings is 1. The molecule has 2 atom stereocenters. The fraction of sp³-hybridized carbons (Fsp3) is 0.538. The monoisotopic (exact) mass is 205 g/mol. The molecule has 0 amide bonds. The van der Waals surface area contributed by atoms with E-state index >= 15 is 0 Å². The summed E-state index contributed by atoms with van der Waals surface area (Å²) in [5.74, 6) is 0. The molecule has 0 bridgehead atoms. The molecule has 82 valence electrons. The molecule has 1 heterocycles. The van der Waals surface area contributed by atoms with Crippen molar-refractivity contribution in [1.29, 1.82) is 0 Å². The quantitative estimate of drug-likeness (QED) is 0.776. The lowest BCUT2D eigenvalue weighted by Gasteiger charge is -2.22. The van der Waals surface area contributed by atoms with Crippen molar-refractivity contribution < 1.29 is 5.11 Å². The molecule has 1 saturated heterocycles. The highest BCUT2D eigenvalue weighted by atomic mass is 16.3. The Balaban J connectivity index is 2.03. The third-order valence-electron chi connectivity index (χ3n) is 3.12. The van der Waals surface area contributed by atoms with Crippen LogP contribution in [0.5, 0.6) is 0 Å². The van der Waals surface area contributed by atoms with Crippen LogP contribution in [0.3, 0.4) is 0 Å².